The Morgan fingerprint density at radius 1 is 1.28 bits per heavy atom. The zero-order valence-corrected chi connectivity index (χ0v) is 11.3. The third kappa shape index (κ3) is 5.46. The third-order valence-electron chi connectivity index (χ3n) is 2.67. The number of nitrogens with one attached hydrogen (secondary N) is 1. The van der Waals surface area contributed by atoms with E-state index in [9.17, 15) is 13.2 Å². The summed E-state index contributed by atoms with van der Waals surface area (Å²) in [4.78, 5) is 0. The van der Waals surface area contributed by atoms with Crippen molar-refractivity contribution in [1.29, 1.82) is 0 Å². The van der Waals surface area contributed by atoms with Crippen molar-refractivity contribution >= 4 is 23.2 Å². The first-order valence-electron chi connectivity index (χ1n) is 5.50. The molecule has 0 aliphatic carbocycles. The predicted octanol–water partition coefficient (Wildman–Crippen LogP) is 4.47. The Labute approximate surface area is 114 Å². The minimum atomic E-state index is -4.13. The number of alkyl halides is 3. The second-order valence-corrected chi connectivity index (χ2v) is 4.92. The Balaban J connectivity index is 2.62. The van der Waals surface area contributed by atoms with Gasteiger partial charge < -0.3 is 5.32 Å². The van der Waals surface area contributed by atoms with Gasteiger partial charge in [-0.25, -0.2) is 0 Å². The smallest absolute Gasteiger partial charge is 0.317 e. The summed E-state index contributed by atoms with van der Waals surface area (Å²) < 4.78 is 36.5. The lowest BCUT2D eigenvalue weighted by Crippen LogP contribution is -2.29. The van der Waals surface area contributed by atoms with E-state index in [4.69, 9.17) is 23.2 Å². The highest BCUT2D eigenvalue weighted by atomic mass is 35.5. The maximum Gasteiger partial charge on any atom is 0.389 e. The summed E-state index contributed by atoms with van der Waals surface area (Å²) in [6.45, 7) is 0. The molecule has 0 radical (unpaired) electrons. The van der Waals surface area contributed by atoms with Gasteiger partial charge in [-0.15, -0.1) is 0 Å². The lowest BCUT2D eigenvalue weighted by molar-refractivity contribution is -0.136. The maximum absolute atomic E-state index is 12.2. The largest absolute Gasteiger partial charge is 0.389 e. The second-order valence-electron chi connectivity index (χ2n) is 4.08. The molecule has 0 amide bonds. The van der Waals surface area contributed by atoms with E-state index >= 15 is 0 Å². The van der Waals surface area contributed by atoms with Crippen molar-refractivity contribution in [2.24, 2.45) is 0 Å². The Morgan fingerprint density at radius 2 is 1.94 bits per heavy atom. The summed E-state index contributed by atoms with van der Waals surface area (Å²) in [5.74, 6) is 0. The molecule has 1 aromatic carbocycles. The molecule has 0 aliphatic rings. The molecule has 1 N–H and O–H groups in total. The third-order valence-corrected chi connectivity index (χ3v) is 3.25. The van der Waals surface area contributed by atoms with Crippen LogP contribution in [0.3, 0.4) is 0 Å². The van der Waals surface area contributed by atoms with E-state index in [0.717, 1.165) is 5.56 Å². The van der Waals surface area contributed by atoms with Crippen LogP contribution in [0.15, 0.2) is 18.2 Å². The monoisotopic (exact) mass is 299 g/mol. The maximum atomic E-state index is 12.2. The topological polar surface area (TPSA) is 12.0 Å². The fourth-order valence-corrected chi connectivity index (χ4v) is 2.12. The van der Waals surface area contributed by atoms with E-state index in [1.165, 1.54) is 0 Å². The SMILES string of the molecule is CNC(CCC(F)(F)F)Cc1ccc(Cl)cc1Cl. The van der Waals surface area contributed by atoms with E-state index < -0.39 is 12.6 Å². The molecule has 0 aliphatic heterocycles. The Morgan fingerprint density at radius 3 is 2.44 bits per heavy atom. The quantitative estimate of drug-likeness (QED) is 0.846. The predicted molar refractivity (Wildman–Crippen MR) is 68.3 cm³/mol. The lowest BCUT2D eigenvalue weighted by atomic mass is 10.0. The number of hydrogen-bond acceptors (Lipinski definition) is 1. The van der Waals surface area contributed by atoms with Gasteiger partial charge in [-0.3, -0.25) is 0 Å². The van der Waals surface area contributed by atoms with Crippen molar-refractivity contribution in [2.75, 3.05) is 7.05 Å². The Bertz CT molecular complexity index is 393. The van der Waals surface area contributed by atoms with Gasteiger partial charge in [0, 0.05) is 22.5 Å². The standard InChI is InChI=1S/C12H14Cl2F3N/c1-18-10(4-5-12(15,16)17)6-8-2-3-9(13)7-11(8)14/h2-3,7,10,18H,4-6H2,1H3. The van der Waals surface area contributed by atoms with Crippen molar-refractivity contribution in [3.8, 4) is 0 Å². The van der Waals surface area contributed by atoms with Gasteiger partial charge in [-0.05, 0) is 37.6 Å². The summed E-state index contributed by atoms with van der Waals surface area (Å²) in [5, 5.41) is 3.87. The molecule has 0 bridgehead atoms. The van der Waals surface area contributed by atoms with Gasteiger partial charge >= 0.3 is 6.18 Å². The summed E-state index contributed by atoms with van der Waals surface area (Å²) in [6.07, 6.45) is -4.45. The molecule has 6 heteroatoms. The molecule has 1 rings (SSSR count). The van der Waals surface area contributed by atoms with Crippen LogP contribution in [-0.2, 0) is 6.42 Å². The summed E-state index contributed by atoms with van der Waals surface area (Å²) in [7, 11) is 1.64. The Hall–Kier alpha value is -0.450. The molecule has 1 unspecified atom stereocenters. The molecule has 0 saturated carbocycles. The number of rotatable bonds is 5. The number of likely N-dealkylation sites (N-methyl/N-ethyl adjacent to an activating group) is 1. The molecule has 0 aromatic heterocycles. The summed E-state index contributed by atoms with van der Waals surface area (Å²) in [5.41, 5.74) is 0.794. The molecule has 0 fully saturated rings. The fourth-order valence-electron chi connectivity index (χ4n) is 1.64. The van der Waals surface area contributed by atoms with Gasteiger partial charge in [-0.2, -0.15) is 13.2 Å². The van der Waals surface area contributed by atoms with Crippen LogP contribution < -0.4 is 5.32 Å². The Kier molecular flexibility index (Phi) is 5.76. The van der Waals surface area contributed by atoms with Crippen LogP contribution in [0.4, 0.5) is 13.2 Å². The molecule has 18 heavy (non-hydrogen) atoms. The summed E-state index contributed by atoms with van der Waals surface area (Å²) in [6, 6.07) is 4.75. The number of halogens is 5. The van der Waals surface area contributed by atoms with Crippen LogP contribution in [0.5, 0.6) is 0 Å². The van der Waals surface area contributed by atoms with E-state index in [0.29, 0.717) is 16.5 Å². The first-order valence-corrected chi connectivity index (χ1v) is 6.25. The summed E-state index contributed by atoms with van der Waals surface area (Å²) >= 11 is 11.7. The van der Waals surface area contributed by atoms with E-state index in [1.54, 1.807) is 25.2 Å². The average Bonchev–Trinajstić information content (AvgIpc) is 2.25. The van der Waals surface area contributed by atoms with Crippen molar-refractivity contribution in [3.63, 3.8) is 0 Å². The molecule has 0 spiro atoms. The van der Waals surface area contributed by atoms with E-state index in [1.807, 2.05) is 0 Å². The van der Waals surface area contributed by atoms with Crippen LogP contribution in [0.25, 0.3) is 0 Å². The van der Waals surface area contributed by atoms with Crippen LogP contribution in [0.1, 0.15) is 18.4 Å². The van der Waals surface area contributed by atoms with Crippen LogP contribution in [0, 0.1) is 0 Å². The van der Waals surface area contributed by atoms with Crippen molar-refractivity contribution in [1.82, 2.24) is 5.32 Å². The first-order chi connectivity index (χ1) is 8.31. The first kappa shape index (κ1) is 15.6. The second kappa shape index (κ2) is 6.64. The van der Waals surface area contributed by atoms with Gasteiger partial charge in [0.25, 0.3) is 0 Å². The van der Waals surface area contributed by atoms with Gasteiger partial charge in [0.2, 0.25) is 0 Å². The van der Waals surface area contributed by atoms with Crippen LogP contribution in [-0.4, -0.2) is 19.3 Å². The van der Waals surface area contributed by atoms with Crippen molar-refractivity contribution < 1.29 is 13.2 Å². The number of hydrogen-bond donors (Lipinski definition) is 1. The zero-order valence-electron chi connectivity index (χ0n) is 9.82. The molecular weight excluding hydrogens is 286 g/mol. The number of benzene rings is 1. The van der Waals surface area contributed by atoms with Crippen LogP contribution >= 0.6 is 23.2 Å². The van der Waals surface area contributed by atoms with Crippen LogP contribution in [0.2, 0.25) is 10.0 Å². The minimum Gasteiger partial charge on any atom is -0.317 e. The van der Waals surface area contributed by atoms with Crippen molar-refractivity contribution in [3.05, 3.63) is 33.8 Å². The highest BCUT2D eigenvalue weighted by Gasteiger charge is 2.28. The molecule has 0 heterocycles. The van der Waals surface area contributed by atoms with E-state index in [-0.39, 0.29) is 12.5 Å². The molecule has 1 atom stereocenters. The molecule has 1 aromatic rings. The highest BCUT2D eigenvalue weighted by molar-refractivity contribution is 6.35. The molecular formula is C12H14Cl2F3N. The van der Waals surface area contributed by atoms with E-state index in [2.05, 4.69) is 5.32 Å². The zero-order chi connectivity index (χ0) is 13.8. The van der Waals surface area contributed by atoms with Gasteiger partial charge in [0.1, 0.15) is 0 Å². The minimum absolute atomic E-state index is 0.0267. The highest BCUT2D eigenvalue weighted by Crippen LogP contribution is 2.25. The van der Waals surface area contributed by atoms with Gasteiger partial charge in [0.15, 0.2) is 0 Å². The molecule has 0 saturated heterocycles. The van der Waals surface area contributed by atoms with Gasteiger partial charge in [0.05, 0.1) is 0 Å². The fraction of sp³-hybridized carbons (Fsp3) is 0.500. The average molecular weight is 300 g/mol. The normalized spacial score (nSPS) is 13.7. The molecule has 102 valence electrons. The molecule has 1 nitrogen and oxygen atoms in total. The van der Waals surface area contributed by atoms with Gasteiger partial charge in [-0.1, -0.05) is 29.3 Å². The lowest BCUT2D eigenvalue weighted by Gasteiger charge is -2.18. The van der Waals surface area contributed by atoms with Crippen molar-refractivity contribution in [2.45, 2.75) is 31.5 Å².